The summed E-state index contributed by atoms with van der Waals surface area (Å²) >= 11 is 0. The Balaban J connectivity index is 1.92. The van der Waals surface area contributed by atoms with Crippen molar-refractivity contribution >= 4 is 5.97 Å². The van der Waals surface area contributed by atoms with Crippen LogP contribution in [0.2, 0.25) is 0 Å². The number of ether oxygens (including phenoxy) is 1. The Labute approximate surface area is 115 Å². The fraction of sp³-hybridized carbons (Fsp3) is 0.588. The van der Waals surface area contributed by atoms with Crippen molar-refractivity contribution < 1.29 is 9.53 Å². The molecule has 1 aromatic carbocycles. The number of fused-ring (bicyclic) bond motifs is 2. The molecule has 19 heavy (non-hydrogen) atoms. The molecule has 2 aliphatic rings. The quantitative estimate of drug-likeness (QED) is 0.756. The fourth-order valence-corrected chi connectivity index (χ4v) is 4.14. The van der Waals surface area contributed by atoms with E-state index in [1.807, 2.05) is 0 Å². The first-order chi connectivity index (χ1) is 9.19. The highest BCUT2D eigenvalue weighted by Gasteiger charge is 2.46. The van der Waals surface area contributed by atoms with Crippen molar-refractivity contribution in [1.29, 1.82) is 0 Å². The van der Waals surface area contributed by atoms with Crippen LogP contribution in [0.15, 0.2) is 24.3 Å². The van der Waals surface area contributed by atoms with Gasteiger partial charge in [0.2, 0.25) is 0 Å². The van der Waals surface area contributed by atoms with Gasteiger partial charge in [0.05, 0.1) is 13.0 Å². The molecule has 0 heterocycles. The number of aryl methyl sites for hydroxylation is 1. The normalized spacial score (nSPS) is 33.2. The van der Waals surface area contributed by atoms with Crippen molar-refractivity contribution in [1.82, 2.24) is 0 Å². The van der Waals surface area contributed by atoms with Gasteiger partial charge in [-0.05, 0) is 49.5 Å². The van der Waals surface area contributed by atoms with Gasteiger partial charge in [-0.1, -0.05) is 36.2 Å². The van der Waals surface area contributed by atoms with E-state index in [-0.39, 0.29) is 11.9 Å². The summed E-state index contributed by atoms with van der Waals surface area (Å²) in [5.41, 5.74) is 2.59. The second kappa shape index (κ2) is 4.99. The van der Waals surface area contributed by atoms with Crippen molar-refractivity contribution in [3.8, 4) is 0 Å². The molecule has 0 saturated heterocycles. The van der Waals surface area contributed by atoms with Gasteiger partial charge in [0.25, 0.3) is 0 Å². The molecule has 2 heteroatoms. The number of benzene rings is 1. The van der Waals surface area contributed by atoms with Crippen molar-refractivity contribution in [3.05, 3.63) is 35.4 Å². The molecule has 102 valence electrons. The SMILES string of the molecule is COC(=O)[C@@H]1C2CCC(C2)CC1c1ccc(C)cc1. The zero-order valence-electron chi connectivity index (χ0n) is 11.8. The molecule has 0 aliphatic heterocycles. The van der Waals surface area contributed by atoms with E-state index in [4.69, 9.17) is 4.74 Å². The summed E-state index contributed by atoms with van der Waals surface area (Å²) in [4.78, 5) is 12.2. The Kier molecular flexibility index (Phi) is 3.34. The monoisotopic (exact) mass is 258 g/mol. The maximum Gasteiger partial charge on any atom is 0.309 e. The van der Waals surface area contributed by atoms with Gasteiger partial charge in [0.1, 0.15) is 0 Å². The van der Waals surface area contributed by atoms with Crippen LogP contribution < -0.4 is 0 Å². The molecule has 0 N–H and O–H groups in total. The Bertz CT molecular complexity index is 463. The first kappa shape index (κ1) is 12.7. The van der Waals surface area contributed by atoms with Crippen LogP contribution in [-0.2, 0) is 9.53 Å². The summed E-state index contributed by atoms with van der Waals surface area (Å²) in [6, 6.07) is 8.70. The van der Waals surface area contributed by atoms with E-state index >= 15 is 0 Å². The maximum atomic E-state index is 12.2. The van der Waals surface area contributed by atoms with Crippen LogP contribution >= 0.6 is 0 Å². The average molecular weight is 258 g/mol. The van der Waals surface area contributed by atoms with Crippen LogP contribution in [0.25, 0.3) is 0 Å². The van der Waals surface area contributed by atoms with E-state index in [0.717, 1.165) is 12.3 Å². The van der Waals surface area contributed by atoms with Crippen LogP contribution in [0.1, 0.15) is 42.7 Å². The van der Waals surface area contributed by atoms with Crippen LogP contribution in [0.3, 0.4) is 0 Å². The number of esters is 1. The summed E-state index contributed by atoms with van der Waals surface area (Å²) in [6.45, 7) is 2.10. The molecular weight excluding hydrogens is 236 g/mol. The van der Waals surface area contributed by atoms with Gasteiger partial charge in [0, 0.05) is 0 Å². The highest BCUT2D eigenvalue weighted by molar-refractivity contribution is 5.74. The molecule has 3 rings (SSSR count). The minimum absolute atomic E-state index is 0.00377. The number of carbonyl (C=O) groups is 1. The van der Waals surface area contributed by atoms with Gasteiger partial charge in [-0.2, -0.15) is 0 Å². The zero-order valence-corrected chi connectivity index (χ0v) is 11.8. The smallest absolute Gasteiger partial charge is 0.309 e. The Hall–Kier alpha value is -1.31. The second-order valence-corrected chi connectivity index (χ2v) is 6.24. The van der Waals surface area contributed by atoms with Gasteiger partial charge < -0.3 is 4.74 Å². The predicted molar refractivity (Wildman–Crippen MR) is 74.9 cm³/mol. The summed E-state index contributed by atoms with van der Waals surface area (Å²) in [6.07, 6.45) is 4.87. The third kappa shape index (κ3) is 2.29. The maximum absolute atomic E-state index is 12.2. The molecule has 4 atom stereocenters. The van der Waals surface area contributed by atoms with E-state index in [2.05, 4.69) is 31.2 Å². The lowest BCUT2D eigenvalue weighted by Gasteiger charge is -2.35. The lowest BCUT2D eigenvalue weighted by molar-refractivity contribution is -0.149. The van der Waals surface area contributed by atoms with Crippen molar-refractivity contribution in [2.45, 2.75) is 38.5 Å². The lowest BCUT2D eigenvalue weighted by atomic mass is 9.69. The largest absolute Gasteiger partial charge is 0.469 e. The molecule has 2 aliphatic carbocycles. The molecule has 0 aromatic heterocycles. The highest BCUT2D eigenvalue weighted by atomic mass is 16.5. The molecule has 0 radical (unpaired) electrons. The third-order valence-corrected chi connectivity index (χ3v) is 5.09. The molecule has 1 aromatic rings. The van der Waals surface area contributed by atoms with Gasteiger partial charge in [0.15, 0.2) is 0 Å². The minimum Gasteiger partial charge on any atom is -0.469 e. The summed E-state index contributed by atoms with van der Waals surface area (Å²) < 4.78 is 5.08. The predicted octanol–water partition coefficient (Wildman–Crippen LogP) is 3.69. The average Bonchev–Trinajstić information content (AvgIpc) is 2.80. The first-order valence-electron chi connectivity index (χ1n) is 7.33. The van der Waals surface area contributed by atoms with Gasteiger partial charge in [-0.25, -0.2) is 0 Å². The molecule has 2 fully saturated rings. The molecule has 0 spiro atoms. The number of methoxy groups -OCH3 is 1. The number of rotatable bonds is 2. The zero-order chi connectivity index (χ0) is 13.4. The third-order valence-electron chi connectivity index (χ3n) is 5.09. The highest BCUT2D eigenvalue weighted by Crippen LogP contribution is 2.52. The molecular formula is C17H22O2. The molecule has 0 amide bonds. The topological polar surface area (TPSA) is 26.3 Å². The van der Waals surface area contributed by atoms with Crippen LogP contribution in [0.4, 0.5) is 0 Å². The molecule has 2 saturated carbocycles. The fourth-order valence-electron chi connectivity index (χ4n) is 4.14. The number of carbonyl (C=O) groups excluding carboxylic acids is 1. The first-order valence-corrected chi connectivity index (χ1v) is 7.33. The molecule has 2 nitrogen and oxygen atoms in total. The van der Waals surface area contributed by atoms with Gasteiger partial charge >= 0.3 is 5.97 Å². The minimum atomic E-state index is -0.00377. The lowest BCUT2D eigenvalue weighted by Crippen LogP contribution is -2.33. The van der Waals surface area contributed by atoms with Crippen molar-refractivity contribution in [2.75, 3.05) is 7.11 Å². The summed E-state index contributed by atoms with van der Waals surface area (Å²) in [5.74, 6) is 1.79. The standard InChI is InChI=1S/C17H22O2/c1-11-3-6-13(7-4-11)15-10-12-5-8-14(9-12)16(15)17(18)19-2/h3-4,6-7,12,14-16H,5,8-10H2,1-2H3/t12?,14?,15?,16-/m1/s1. The van der Waals surface area contributed by atoms with E-state index in [0.29, 0.717) is 11.8 Å². The number of hydrogen-bond donors (Lipinski definition) is 0. The van der Waals surface area contributed by atoms with E-state index < -0.39 is 0 Å². The molecule has 3 unspecified atom stereocenters. The van der Waals surface area contributed by atoms with Crippen molar-refractivity contribution in [2.24, 2.45) is 17.8 Å². The molecule has 2 bridgehead atoms. The van der Waals surface area contributed by atoms with Crippen LogP contribution in [0, 0.1) is 24.7 Å². The van der Waals surface area contributed by atoms with Crippen LogP contribution in [-0.4, -0.2) is 13.1 Å². The second-order valence-electron chi connectivity index (χ2n) is 6.24. The Morgan fingerprint density at radius 2 is 1.89 bits per heavy atom. The van der Waals surface area contributed by atoms with E-state index in [1.165, 1.54) is 37.5 Å². The summed E-state index contributed by atoms with van der Waals surface area (Å²) in [5, 5.41) is 0. The van der Waals surface area contributed by atoms with E-state index in [1.54, 1.807) is 0 Å². The Morgan fingerprint density at radius 1 is 1.16 bits per heavy atom. The van der Waals surface area contributed by atoms with E-state index in [9.17, 15) is 4.79 Å². The van der Waals surface area contributed by atoms with Crippen molar-refractivity contribution in [3.63, 3.8) is 0 Å². The van der Waals surface area contributed by atoms with Crippen LogP contribution in [0.5, 0.6) is 0 Å². The summed E-state index contributed by atoms with van der Waals surface area (Å²) in [7, 11) is 1.52. The van der Waals surface area contributed by atoms with Gasteiger partial charge in [-0.15, -0.1) is 0 Å². The number of hydrogen-bond acceptors (Lipinski definition) is 2. The van der Waals surface area contributed by atoms with Gasteiger partial charge in [-0.3, -0.25) is 4.79 Å². The Morgan fingerprint density at radius 3 is 2.58 bits per heavy atom.